The van der Waals surface area contributed by atoms with Crippen molar-refractivity contribution in [1.82, 2.24) is 4.90 Å². The molecule has 2 fully saturated rings. The lowest BCUT2D eigenvalue weighted by molar-refractivity contribution is -0.134. The van der Waals surface area contributed by atoms with Crippen molar-refractivity contribution >= 4 is 0 Å². The zero-order valence-electron chi connectivity index (χ0n) is 18.6. The molecule has 0 bridgehead atoms. The van der Waals surface area contributed by atoms with E-state index in [1.54, 1.807) is 0 Å². The van der Waals surface area contributed by atoms with Crippen molar-refractivity contribution in [1.29, 1.82) is 0 Å². The van der Waals surface area contributed by atoms with Gasteiger partial charge in [-0.15, -0.1) is 0 Å². The molecule has 2 heterocycles. The average Bonchev–Trinajstić information content (AvgIpc) is 2.79. The van der Waals surface area contributed by atoms with E-state index in [-0.39, 0.29) is 5.60 Å². The van der Waals surface area contributed by atoms with Gasteiger partial charge in [-0.3, -0.25) is 0 Å². The van der Waals surface area contributed by atoms with E-state index >= 15 is 0 Å². The molecule has 0 radical (unpaired) electrons. The topological polar surface area (TPSA) is 32.7 Å². The number of rotatable bonds is 6. The fourth-order valence-electron chi connectivity index (χ4n) is 5.73. The first-order valence-electron chi connectivity index (χ1n) is 11.7. The van der Waals surface area contributed by atoms with Crippen LogP contribution in [0.25, 0.3) is 0 Å². The first-order chi connectivity index (χ1) is 14.5. The van der Waals surface area contributed by atoms with Crippen molar-refractivity contribution in [2.75, 3.05) is 26.2 Å². The van der Waals surface area contributed by atoms with Gasteiger partial charge in [0.15, 0.2) is 0 Å². The molecule has 1 N–H and O–H groups in total. The molecule has 2 atom stereocenters. The van der Waals surface area contributed by atoms with Gasteiger partial charge in [0.2, 0.25) is 0 Å². The Balaban J connectivity index is 1.50. The quantitative estimate of drug-likeness (QED) is 0.698. The summed E-state index contributed by atoms with van der Waals surface area (Å²) in [5, 5.41) is 11.9. The number of hydrogen-bond donors (Lipinski definition) is 1. The van der Waals surface area contributed by atoms with Gasteiger partial charge in [-0.2, -0.15) is 0 Å². The standard InChI is InChI=1S/C27H37NO2/c1-3-25(2)21-26(17-20-30-25)15-10-18-28(22-26)19-16-27(29,23-11-6-4-7-12-23)24-13-8-5-9-14-24/h4-9,11-14,29H,3,10,15-22H2,1-2H3/t25-,26-/m1/s1. The highest BCUT2D eigenvalue weighted by atomic mass is 16.5. The predicted molar refractivity (Wildman–Crippen MR) is 122 cm³/mol. The van der Waals surface area contributed by atoms with Crippen LogP contribution in [0.15, 0.2) is 60.7 Å². The van der Waals surface area contributed by atoms with Crippen LogP contribution in [0, 0.1) is 5.41 Å². The molecule has 2 saturated heterocycles. The first-order valence-corrected chi connectivity index (χ1v) is 11.7. The Morgan fingerprint density at radius 3 is 2.23 bits per heavy atom. The van der Waals surface area contributed by atoms with E-state index in [9.17, 15) is 5.11 Å². The molecular formula is C27H37NO2. The van der Waals surface area contributed by atoms with Gasteiger partial charge < -0.3 is 14.7 Å². The van der Waals surface area contributed by atoms with E-state index in [0.29, 0.717) is 11.8 Å². The van der Waals surface area contributed by atoms with Crippen LogP contribution in [0.3, 0.4) is 0 Å². The van der Waals surface area contributed by atoms with Gasteiger partial charge in [0, 0.05) is 19.7 Å². The Morgan fingerprint density at radius 1 is 1.00 bits per heavy atom. The third-order valence-corrected chi connectivity index (χ3v) is 7.61. The molecule has 0 aromatic heterocycles. The molecule has 3 nitrogen and oxygen atoms in total. The molecule has 0 saturated carbocycles. The Labute approximate surface area is 182 Å². The summed E-state index contributed by atoms with van der Waals surface area (Å²) in [5.41, 5.74) is 1.40. The fraction of sp³-hybridized carbons (Fsp3) is 0.556. The number of aliphatic hydroxyl groups is 1. The number of piperidine rings is 1. The highest BCUT2D eigenvalue weighted by Crippen LogP contribution is 2.46. The summed E-state index contributed by atoms with van der Waals surface area (Å²) in [7, 11) is 0. The van der Waals surface area contributed by atoms with Crippen LogP contribution in [0.2, 0.25) is 0 Å². The summed E-state index contributed by atoms with van der Waals surface area (Å²) in [6.45, 7) is 8.59. The minimum absolute atomic E-state index is 0.0239. The van der Waals surface area contributed by atoms with Crippen molar-refractivity contribution in [3.05, 3.63) is 71.8 Å². The van der Waals surface area contributed by atoms with Crippen molar-refractivity contribution < 1.29 is 9.84 Å². The van der Waals surface area contributed by atoms with E-state index in [1.807, 2.05) is 36.4 Å². The molecular weight excluding hydrogens is 370 g/mol. The van der Waals surface area contributed by atoms with Crippen LogP contribution >= 0.6 is 0 Å². The number of benzene rings is 2. The fourth-order valence-corrected chi connectivity index (χ4v) is 5.73. The molecule has 0 unspecified atom stereocenters. The van der Waals surface area contributed by atoms with Crippen molar-refractivity contribution in [3.63, 3.8) is 0 Å². The van der Waals surface area contributed by atoms with Crippen LogP contribution in [0.1, 0.15) is 63.5 Å². The van der Waals surface area contributed by atoms with E-state index < -0.39 is 5.60 Å². The zero-order valence-corrected chi connectivity index (χ0v) is 18.6. The first kappa shape index (κ1) is 21.5. The van der Waals surface area contributed by atoms with Gasteiger partial charge in [0.1, 0.15) is 5.60 Å². The lowest BCUT2D eigenvalue weighted by Crippen LogP contribution is -2.52. The Bertz CT molecular complexity index is 765. The number of hydrogen-bond acceptors (Lipinski definition) is 3. The number of nitrogens with zero attached hydrogens (tertiary/aromatic N) is 1. The minimum atomic E-state index is -0.958. The molecule has 2 aliphatic rings. The van der Waals surface area contributed by atoms with Gasteiger partial charge >= 0.3 is 0 Å². The summed E-state index contributed by atoms with van der Waals surface area (Å²) < 4.78 is 6.15. The molecule has 0 aliphatic carbocycles. The molecule has 2 aromatic carbocycles. The highest BCUT2D eigenvalue weighted by molar-refractivity contribution is 5.35. The molecule has 3 heteroatoms. The highest BCUT2D eigenvalue weighted by Gasteiger charge is 2.44. The van der Waals surface area contributed by atoms with Crippen molar-refractivity contribution in [2.24, 2.45) is 5.41 Å². The third-order valence-electron chi connectivity index (χ3n) is 7.61. The van der Waals surface area contributed by atoms with Crippen molar-refractivity contribution in [3.8, 4) is 0 Å². The molecule has 2 aliphatic heterocycles. The van der Waals surface area contributed by atoms with Gasteiger partial charge in [-0.25, -0.2) is 0 Å². The lowest BCUT2D eigenvalue weighted by Gasteiger charge is -2.51. The smallest absolute Gasteiger partial charge is 0.116 e. The molecule has 1 spiro atoms. The van der Waals surface area contributed by atoms with Gasteiger partial charge in [0.25, 0.3) is 0 Å². The Morgan fingerprint density at radius 2 is 1.63 bits per heavy atom. The summed E-state index contributed by atoms with van der Waals surface area (Å²) >= 11 is 0. The largest absolute Gasteiger partial charge is 0.380 e. The summed E-state index contributed by atoms with van der Waals surface area (Å²) in [6, 6.07) is 20.3. The average molecular weight is 408 g/mol. The molecule has 4 rings (SSSR count). The van der Waals surface area contributed by atoms with Gasteiger partial charge in [-0.05, 0) is 68.5 Å². The molecule has 162 valence electrons. The number of likely N-dealkylation sites (tertiary alicyclic amines) is 1. The van der Waals surface area contributed by atoms with E-state index in [4.69, 9.17) is 4.74 Å². The maximum Gasteiger partial charge on any atom is 0.116 e. The zero-order chi connectivity index (χ0) is 21.1. The third kappa shape index (κ3) is 4.49. The van der Waals surface area contributed by atoms with Gasteiger partial charge in [-0.1, -0.05) is 67.6 Å². The second-order valence-electron chi connectivity index (χ2n) is 9.80. The van der Waals surface area contributed by atoms with Crippen LogP contribution < -0.4 is 0 Å². The molecule has 2 aromatic rings. The Kier molecular flexibility index (Phi) is 6.34. The molecule has 30 heavy (non-hydrogen) atoms. The molecule has 0 amide bonds. The maximum absolute atomic E-state index is 11.9. The van der Waals surface area contributed by atoms with Crippen LogP contribution in [-0.4, -0.2) is 41.8 Å². The Hall–Kier alpha value is -1.68. The predicted octanol–water partition coefficient (Wildman–Crippen LogP) is 5.37. The summed E-state index contributed by atoms with van der Waals surface area (Å²) in [4.78, 5) is 2.60. The second-order valence-corrected chi connectivity index (χ2v) is 9.80. The minimum Gasteiger partial charge on any atom is -0.380 e. The normalized spacial score (nSPS) is 28.0. The second kappa shape index (κ2) is 8.82. The van der Waals surface area contributed by atoms with Crippen LogP contribution in [0.4, 0.5) is 0 Å². The van der Waals surface area contributed by atoms with Gasteiger partial charge in [0.05, 0.1) is 5.60 Å². The van der Waals surface area contributed by atoms with E-state index in [2.05, 4.69) is 43.0 Å². The summed E-state index contributed by atoms with van der Waals surface area (Å²) in [5.74, 6) is 0. The summed E-state index contributed by atoms with van der Waals surface area (Å²) in [6.07, 6.45) is 6.67. The SMILES string of the molecule is CC[C@]1(C)C[C@@]2(CCCN(CCC(O)(c3ccccc3)c3ccccc3)C2)CCO1. The monoisotopic (exact) mass is 407 g/mol. The van der Waals surface area contributed by atoms with Crippen LogP contribution in [0.5, 0.6) is 0 Å². The van der Waals surface area contributed by atoms with Crippen LogP contribution in [-0.2, 0) is 10.3 Å². The number of ether oxygens (including phenoxy) is 1. The van der Waals surface area contributed by atoms with E-state index in [0.717, 1.165) is 50.2 Å². The van der Waals surface area contributed by atoms with E-state index in [1.165, 1.54) is 19.3 Å². The van der Waals surface area contributed by atoms with Crippen molar-refractivity contribution in [2.45, 2.75) is 63.6 Å². The maximum atomic E-state index is 11.9. The lowest BCUT2D eigenvalue weighted by atomic mass is 9.68.